The molecular formula is C19H14O. The van der Waals surface area contributed by atoms with E-state index in [1.165, 1.54) is 0 Å². The van der Waals surface area contributed by atoms with Crippen LogP contribution in [0, 0.1) is 0 Å². The monoisotopic (exact) mass is 258 g/mol. The topological polar surface area (TPSA) is 17.1 Å². The van der Waals surface area contributed by atoms with Crippen molar-refractivity contribution in [2.75, 3.05) is 0 Å². The van der Waals surface area contributed by atoms with Crippen LogP contribution in [0.15, 0.2) is 85.0 Å². The fourth-order valence-corrected chi connectivity index (χ4v) is 2.45. The third kappa shape index (κ3) is 2.14. The van der Waals surface area contributed by atoms with Gasteiger partial charge in [0, 0.05) is 11.1 Å². The average molecular weight is 258 g/mol. The minimum atomic E-state index is 0.0300. The number of carbonyl (C=O) groups excluding carboxylic acids is 1. The molecule has 0 heterocycles. The van der Waals surface area contributed by atoms with Crippen molar-refractivity contribution >= 4 is 16.9 Å². The zero-order valence-electron chi connectivity index (χ0n) is 11.0. The van der Waals surface area contributed by atoms with Crippen LogP contribution in [0.4, 0.5) is 0 Å². The van der Waals surface area contributed by atoms with Gasteiger partial charge in [0.05, 0.1) is 0 Å². The number of carbonyl (C=O) groups is 1. The zero-order valence-corrected chi connectivity index (χ0v) is 11.0. The minimum absolute atomic E-state index is 0.0300. The Balaban J connectivity index is 2.27. The van der Waals surface area contributed by atoms with Crippen LogP contribution in [-0.4, -0.2) is 5.78 Å². The molecule has 1 heteroatoms. The predicted molar refractivity (Wildman–Crippen MR) is 83.0 cm³/mol. The third-order valence-corrected chi connectivity index (χ3v) is 3.38. The van der Waals surface area contributed by atoms with Crippen molar-refractivity contribution in [3.8, 4) is 0 Å². The molecule has 0 aromatic heterocycles. The molecule has 0 bridgehead atoms. The Bertz CT molecular complexity index is 655. The molecule has 0 aliphatic heterocycles. The molecular weight excluding hydrogens is 244 g/mol. The van der Waals surface area contributed by atoms with Crippen molar-refractivity contribution in [2.45, 2.75) is 0 Å². The summed E-state index contributed by atoms with van der Waals surface area (Å²) >= 11 is 0. The van der Waals surface area contributed by atoms with Crippen LogP contribution in [0.2, 0.25) is 0 Å². The van der Waals surface area contributed by atoms with Gasteiger partial charge < -0.3 is 0 Å². The first-order valence-corrected chi connectivity index (χ1v) is 6.54. The van der Waals surface area contributed by atoms with E-state index in [1.54, 1.807) is 12.2 Å². The third-order valence-electron chi connectivity index (χ3n) is 3.38. The molecule has 0 radical (unpaired) electrons. The number of rotatable bonds is 2. The van der Waals surface area contributed by atoms with Gasteiger partial charge in [0.15, 0.2) is 5.78 Å². The van der Waals surface area contributed by atoms with Crippen LogP contribution >= 0.6 is 0 Å². The van der Waals surface area contributed by atoms with Crippen molar-refractivity contribution in [2.24, 2.45) is 0 Å². The van der Waals surface area contributed by atoms with Crippen LogP contribution in [0.1, 0.15) is 11.1 Å². The molecule has 0 spiro atoms. The van der Waals surface area contributed by atoms with E-state index in [1.807, 2.05) is 60.7 Å². The van der Waals surface area contributed by atoms with Crippen LogP contribution in [0.5, 0.6) is 0 Å². The molecule has 1 aliphatic carbocycles. The maximum absolute atomic E-state index is 12.3. The SMILES string of the molecule is C=C1C=CC(=O)C(c2ccccc2)=C1c1ccccc1. The molecule has 0 fully saturated rings. The van der Waals surface area contributed by atoms with Crippen molar-refractivity contribution in [1.82, 2.24) is 0 Å². The molecule has 96 valence electrons. The molecule has 0 amide bonds. The maximum atomic E-state index is 12.3. The summed E-state index contributed by atoms with van der Waals surface area (Å²) in [4.78, 5) is 12.3. The zero-order chi connectivity index (χ0) is 13.9. The van der Waals surface area contributed by atoms with Gasteiger partial charge in [0.2, 0.25) is 0 Å². The minimum Gasteiger partial charge on any atom is -0.289 e. The van der Waals surface area contributed by atoms with E-state index in [-0.39, 0.29) is 5.78 Å². The van der Waals surface area contributed by atoms with Gasteiger partial charge in [-0.15, -0.1) is 0 Å². The predicted octanol–water partition coefficient (Wildman–Crippen LogP) is 4.29. The summed E-state index contributed by atoms with van der Waals surface area (Å²) < 4.78 is 0. The van der Waals surface area contributed by atoms with E-state index in [0.717, 1.165) is 27.8 Å². The smallest absolute Gasteiger partial charge is 0.187 e. The van der Waals surface area contributed by atoms with Crippen molar-refractivity contribution in [1.29, 1.82) is 0 Å². The lowest BCUT2D eigenvalue weighted by Crippen LogP contribution is -2.07. The van der Waals surface area contributed by atoms with Gasteiger partial charge in [0.25, 0.3) is 0 Å². The molecule has 0 saturated heterocycles. The highest BCUT2D eigenvalue weighted by Crippen LogP contribution is 2.35. The second kappa shape index (κ2) is 5.14. The fourth-order valence-electron chi connectivity index (χ4n) is 2.45. The van der Waals surface area contributed by atoms with Crippen LogP contribution in [0.3, 0.4) is 0 Å². The van der Waals surface area contributed by atoms with E-state index in [4.69, 9.17) is 0 Å². The normalized spacial score (nSPS) is 14.8. The number of hydrogen-bond donors (Lipinski definition) is 0. The quantitative estimate of drug-likeness (QED) is 0.785. The van der Waals surface area contributed by atoms with E-state index in [0.29, 0.717) is 0 Å². The number of hydrogen-bond acceptors (Lipinski definition) is 1. The van der Waals surface area contributed by atoms with Gasteiger partial charge in [-0.25, -0.2) is 0 Å². The second-order valence-electron chi connectivity index (χ2n) is 4.70. The lowest BCUT2D eigenvalue weighted by atomic mass is 9.84. The summed E-state index contributed by atoms with van der Waals surface area (Å²) in [5, 5.41) is 0. The number of benzene rings is 2. The molecule has 0 saturated carbocycles. The van der Waals surface area contributed by atoms with Crippen LogP contribution < -0.4 is 0 Å². The van der Waals surface area contributed by atoms with E-state index < -0.39 is 0 Å². The summed E-state index contributed by atoms with van der Waals surface area (Å²) in [6, 6.07) is 19.7. The average Bonchev–Trinajstić information content (AvgIpc) is 2.51. The molecule has 2 aromatic carbocycles. The van der Waals surface area contributed by atoms with Crippen molar-refractivity contribution in [3.63, 3.8) is 0 Å². The highest BCUT2D eigenvalue weighted by molar-refractivity contribution is 6.35. The maximum Gasteiger partial charge on any atom is 0.187 e. The summed E-state index contributed by atoms with van der Waals surface area (Å²) in [5.41, 5.74) is 4.47. The Hall–Kier alpha value is -2.67. The summed E-state index contributed by atoms with van der Waals surface area (Å²) in [6.45, 7) is 4.09. The summed E-state index contributed by atoms with van der Waals surface area (Å²) in [5.74, 6) is 0.0300. The van der Waals surface area contributed by atoms with E-state index >= 15 is 0 Å². The fraction of sp³-hybridized carbons (Fsp3) is 0. The molecule has 0 N–H and O–H groups in total. The summed E-state index contributed by atoms with van der Waals surface area (Å²) in [6.07, 6.45) is 3.38. The van der Waals surface area contributed by atoms with Gasteiger partial charge in [-0.05, 0) is 22.8 Å². The van der Waals surface area contributed by atoms with E-state index in [9.17, 15) is 4.79 Å². The van der Waals surface area contributed by atoms with Crippen molar-refractivity contribution in [3.05, 3.63) is 96.1 Å². The Morgan fingerprint density at radius 2 is 1.15 bits per heavy atom. The van der Waals surface area contributed by atoms with Crippen LogP contribution in [0.25, 0.3) is 11.1 Å². The lowest BCUT2D eigenvalue weighted by molar-refractivity contribution is -0.109. The molecule has 3 rings (SSSR count). The molecule has 2 aromatic rings. The standard InChI is InChI=1S/C19H14O/c1-14-12-13-17(20)19(16-10-6-3-7-11-16)18(14)15-8-4-2-5-9-15/h2-13H,1H2. The van der Waals surface area contributed by atoms with Gasteiger partial charge in [0.1, 0.15) is 0 Å². The number of ketones is 1. The highest BCUT2D eigenvalue weighted by Gasteiger charge is 2.21. The van der Waals surface area contributed by atoms with E-state index in [2.05, 4.69) is 6.58 Å². The molecule has 1 aliphatic rings. The van der Waals surface area contributed by atoms with Gasteiger partial charge in [-0.3, -0.25) is 4.79 Å². The Labute approximate surface area is 118 Å². The molecule has 0 atom stereocenters. The van der Waals surface area contributed by atoms with Gasteiger partial charge >= 0.3 is 0 Å². The second-order valence-corrected chi connectivity index (χ2v) is 4.70. The first kappa shape index (κ1) is 12.4. The lowest BCUT2D eigenvalue weighted by Gasteiger charge is -2.18. The van der Waals surface area contributed by atoms with Crippen LogP contribution in [-0.2, 0) is 4.79 Å². The first-order chi connectivity index (χ1) is 9.77. The highest BCUT2D eigenvalue weighted by atomic mass is 16.1. The first-order valence-electron chi connectivity index (χ1n) is 6.54. The summed E-state index contributed by atoms with van der Waals surface area (Å²) in [7, 11) is 0. The largest absolute Gasteiger partial charge is 0.289 e. The Morgan fingerprint density at radius 1 is 0.650 bits per heavy atom. The molecule has 0 unspecified atom stereocenters. The molecule has 20 heavy (non-hydrogen) atoms. The Morgan fingerprint density at radius 3 is 1.70 bits per heavy atom. The van der Waals surface area contributed by atoms with Gasteiger partial charge in [-0.1, -0.05) is 73.3 Å². The number of allylic oxidation sites excluding steroid dienone is 5. The van der Waals surface area contributed by atoms with Crippen molar-refractivity contribution < 1.29 is 4.79 Å². The van der Waals surface area contributed by atoms with Gasteiger partial charge in [-0.2, -0.15) is 0 Å². The Kier molecular flexibility index (Phi) is 3.18. The molecule has 1 nitrogen and oxygen atoms in total.